The third-order valence-corrected chi connectivity index (χ3v) is 2.55. The monoisotopic (exact) mass is 196 g/mol. The van der Waals surface area contributed by atoms with Crippen molar-refractivity contribution >= 4 is 0 Å². The zero-order valence-electron chi connectivity index (χ0n) is 8.49. The molecule has 1 heterocycles. The average Bonchev–Trinajstić information content (AvgIpc) is 2.73. The summed E-state index contributed by atoms with van der Waals surface area (Å²) in [6, 6.07) is 0. The molecular weight excluding hydrogens is 180 g/mol. The largest absolute Gasteiger partial charge is 0.379 e. The van der Waals surface area contributed by atoms with Crippen LogP contribution in [0.5, 0.6) is 0 Å². The zero-order chi connectivity index (χ0) is 9.86. The van der Waals surface area contributed by atoms with Crippen LogP contribution in [-0.2, 0) is 14.2 Å². The van der Waals surface area contributed by atoms with E-state index >= 15 is 0 Å². The number of hydrogen-bond acceptors (Lipinski definition) is 3. The smallest absolute Gasteiger partial charge is 0.215 e. The van der Waals surface area contributed by atoms with Crippen molar-refractivity contribution in [3.05, 3.63) is 23.8 Å². The molecule has 1 aliphatic heterocycles. The molecule has 3 nitrogen and oxygen atoms in total. The molecule has 0 N–H and O–H groups in total. The molecule has 0 aromatic carbocycles. The van der Waals surface area contributed by atoms with Crippen molar-refractivity contribution in [2.24, 2.45) is 0 Å². The van der Waals surface area contributed by atoms with Crippen LogP contribution >= 0.6 is 0 Å². The van der Waals surface area contributed by atoms with Crippen LogP contribution in [0.2, 0.25) is 0 Å². The highest BCUT2D eigenvalue weighted by Gasteiger charge is 2.38. The number of hydrogen-bond donors (Lipinski definition) is 0. The van der Waals surface area contributed by atoms with Gasteiger partial charge in [0.05, 0.1) is 13.2 Å². The lowest BCUT2D eigenvalue weighted by Gasteiger charge is -2.37. The molecule has 0 bridgehead atoms. The minimum Gasteiger partial charge on any atom is -0.379 e. The fourth-order valence-corrected chi connectivity index (χ4v) is 1.86. The van der Waals surface area contributed by atoms with E-state index in [1.165, 1.54) is 5.57 Å². The summed E-state index contributed by atoms with van der Waals surface area (Å²) in [5.74, 6) is -0.615. The average molecular weight is 196 g/mol. The highest BCUT2D eigenvalue weighted by molar-refractivity contribution is 5.29. The summed E-state index contributed by atoms with van der Waals surface area (Å²) in [5.41, 5.74) is 1.17. The summed E-state index contributed by atoms with van der Waals surface area (Å²) in [6.07, 6.45) is 8.07. The SMILES string of the molecule is COCC1(C2=CC=CC2)OCCCO1. The summed E-state index contributed by atoms with van der Waals surface area (Å²) in [4.78, 5) is 0. The molecule has 0 unspecified atom stereocenters. The van der Waals surface area contributed by atoms with Crippen LogP contribution < -0.4 is 0 Å². The Hall–Kier alpha value is -0.640. The van der Waals surface area contributed by atoms with E-state index in [4.69, 9.17) is 14.2 Å². The summed E-state index contributed by atoms with van der Waals surface area (Å²) in [6.45, 7) is 1.97. The van der Waals surface area contributed by atoms with E-state index in [0.29, 0.717) is 6.61 Å². The first kappa shape index (κ1) is 9.90. The van der Waals surface area contributed by atoms with Gasteiger partial charge in [-0.3, -0.25) is 0 Å². The van der Waals surface area contributed by atoms with Gasteiger partial charge in [-0.1, -0.05) is 18.2 Å². The van der Waals surface area contributed by atoms with Crippen LogP contribution in [0.25, 0.3) is 0 Å². The Kier molecular flexibility index (Phi) is 3.01. The molecule has 3 heteroatoms. The van der Waals surface area contributed by atoms with Crippen molar-refractivity contribution in [2.75, 3.05) is 26.9 Å². The molecule has 0 amide bonds. The third kappa shape index (κ3) is 1.75. The quantitative estimate of drug-likeness (QED) is 0.687. The third-order valence-electron chi connectivity index (χ3n) is 2.55. The number of allylic oxidation sites excluding steroid dienone is 3. The van der Waals surface area contributed by atoms with Gasteiger partial charge in [0.1, 0.15) is 6.61 Å². The molecule has 0 atom stereocenters. The second-order valence-electron chi connectivity index (χ2n) is 3.56. The summed E-state index contributed by atoms with van der Waals surface area (Å²) in [5, 5.41) is 0. The first-order valence-electron chi connectivity index (χ1n) is 5.00. The van der Waals surface area contributed by atoms with Crippen molar-refractivity contribution in [2.45, 2.75) is 18.6 Å². The molecule has 0 aromatic heterocycles. The van der Waals surface area contributed by atoms with E-state index < -0.39 is 5.79 Å². The maximum Gasteiger partial charge on any atom is 0.215 e. The Balaban J connectivity index is 2.12. The Labute approximate surface area is 84.3 Å². The molecule has 0 aromatic rings. The molecule has 1 saturated heterocycles. The summed E-state index contributed by atoms with van der Waals surface area (Å²) >= 11 is 0. The lowest BCUT2D eigenvalue weighted by atomic mass is 10.0. The maximum absolute atomic E-state index is 5.73. The maximum atomic E-state index is 5.73. The molecule has 2 aliphatic rings. The minimum absolute atomic E-state index is 0.473. The number of rotatable bonds is 3. The van der Waals surface area contributed by atoms with Gasteiger partial charge < -0.3 is 14.2 Å². The van der Waals surface area contributed by atoms with Gasteiger partial charge in [-0.05, 0) is 18.4 Å². The minimum atomic E-state index is -0.615. The van der Waals surface area contributed by atoms with Crippen LogP contribution in [0.3, 0.4) is 0 Å². The van der Waals surface area contributed by atoms with Crippen LogP contribution in [-0.4, -0.2) is 32.7 Å². The lowest BCUT2D eigenvalue weighted by molar-refractivity contribution is -0.262. The molecule has 2 rings (SSSR count). The van der Waals surface area contributed by atoms with E-state index in [1.807, 2.05) is 6.08 Å². The van der Waals surface area contributed by atoms with Gasteiger partial charge in [-0.25, -0.2) is 0 Å². The lowest BCUT2D eigenvalue weighted by Crippen LogP contribution is -2.46. The molecule has 1 fully saturated rings. The van der Waals surface area contributed by atoms with Crippen molar-refractivity contribution in [1.82, 2.24) is 0 Å². The molecule has 78 valence electrons. The van der Waals surface area contributed by atoms with E-state index in [-0.39, 0.29) is 0 Å². The topological polar surface area (TPSA) is 27.7 Å². The predicted molar refractivity (Wildman–Crippen MR) is 53.0 cm³/mol. The molecular formula is C11H16O3. The van der Waals surface area contributed by atoms with Crippen LogP contribution in [0.4, 0.5) is 0 Å². The number of ether oxygens (including phenoxy) is 3. The first-order valence-corrected chi connectivity index (χ1v) is 5.00. The molecule has 14 heavy (non-hydrogen) atoms. The number of methoxy groups -OCH3 is 1. The van der Waals surface area contributed by atoms with Gasteiger partial charge in [-0.15, -0.1) is 0 Å². The van der Waals surface area contributed by atoms with E-state index in [2.05, 4.69) is 12.2 Å². The Bertz CT molecular complexity index is 244. The van der Waals surface area contributed by atoms with Gasteiger partial charge in [0.25, 0.3) is 0 Å². The highest BCUT2D eigenvalue weighted by atomic mass is 16.7. The van der Waals surface area contributed by atoms with Crippen LogP contribution in [0, 0.1) is 0 Å². The van der Waals surface area contributed by atoms with Crippen molar-refractivity contribution < 1.29 is 14.2 Å². The fraction of sp³-hybridized carbons (Fsp3) is 0.636. The van der Waals surface area contributed by atoms with Crippen molar-refractivity contribution in [3.63, 3.8) is 0 Å². The molecule has 0 spiro atoms. The van der Waals surface area contributed by atoms with E-state index in [0.717, 1.165) is 26.1 Å². The van der Waals surface area contributed by atoms with Crippen molar-refractivity contribution in [1.29, 1.82) is 0 Å². The van der Waals surface area contributed by atoms with E-state index in [1.54, 1.807) is 7.11 Å². The van der Waals surface area contributed by atoms with Gasteiger partial charge >= 0.3 is 0 Å². The second-order valence-corrected chi connectivity index (χ2v) is 3.56. The fourth-order valence-electron chi connectivity index (χ4n) is 1.86. The van der Waals surface area contributed by atoms with E-state index in [9.17, 15) is 0 Å². The Morgan fingerprint density at radius 1 is 1.43 bits per heavy atom. The first-order chi connectivity index (χ1) is 6.87. The highest BCUT2D eigenvalue weighted by Crippen LogP contribution is 2.32. The Morgan fingerprint density at radius 2 is 2.21 bits per heavy atom. The van der Waals surface area contributed by atoms with Gasteiger partial charge in [0, 0.05) is 7.11 Å². The normalized spacial score (nSPS) is 25.1. The molecule has 0 saturated carbocycles. The molecule has 0 radical (unpaired) electrons. The van der Waals surface area contributed by atoms with Gasteiger partial charge in [0.2, 0.25) is 5.79 Å². The second kappa shape index (κ2) is 4.26. The van der Waals surface area contributed by atoms with Crippen molar-refractivity contribution in [3.8, 4) is 0 Å². The Morgan fingerprint density at radius 3 is 2.79 bits per heavy atom. The standard InChI is InChI=1S/C11H16O3/c1-12-9-11(10-5-2-3-6-10)13-7-4-8-14-11/h2-3,5H,4,6-9H2,1H3. The predicted octanol–water partition coefficient (Wildman–Crippen LogP) is 1.65. The van der Waals surface area contributed by atoms with Crippen LogP contribution in [0.15, 0.2) is 23.8 Å². The van der Waals surface area contributed by atoms with Crippen LogP contribution in [0.1, 0.15) is 12.8 Å². The van der Waals surface area contributed by atoms with Gasteiger partial charge in [-0.2, -0.15) is 0 Å². The zero-order valence-corrected chi connectivity index (χ0v) is 8.49. The summed E-state index contributed by atoms with van der Waals surface area (Å²) < 4.78 is 16.6. The molecule has 1 aliphatic carbocycles. The van der Waals surface area contributed by atoms with Gasteiger partial charge in [0.15, 0.2) is 0 Å². The summed E-state index contributed by atoms with van der Waals surface area (Å²) in [7, 11) is 1.67.